The number of benzene rings is 1. The SMILES string of the molecule is CC(Oc1ccccc1)C(=O)NCCSCC(=O)O. The maximum Gasteiger partial charge on any atom is 0.313 e. The molecule has 1 aromatic rings. The topological polar surface area (TPSA) is 75.6 Å². The fourth-order valence-corrected chi connectivity index (χ4v) is 1.87. The van der Waals surface area contributed by atoms with Gasteiger partial charge in [0.15, 0.2) is 6.10 Å². The zero-order valence-electron chi connectivity index (χ0n) is 10.7. The molecule has 1 unspecified atom stereocenters. The Kier molecular flexibility index (Phi) is 6.81. The predicted molar refractivity (Wildman–Crippen MR) is 74.5 cm³/mol. The smallest absolute Gasteiger partial charge is 0.313 e. The van der Waals surface area contributed by atoms with Crippen molar-refractivity contribution in [3.63, 3.8) is 0 Å². The van der Waals surface area contributed by atoms with Crippen molar-refractivity contribution in [1.82, 2.24) is 5.32 Å². The van der Waals surface area contributed by atoms with Crippen molar-refractivity contribution in [2.24, 2.45) is 0 Å². The lowest BCUT2D eigenvalue weighted by molar-refractivity contribution is -0.134. The van der Waals surface area contributed by atoms with E-state index >= 15 is 0 Å². The highest BCUT2D eigenvalue weighted by Crippen LogP contribution is 2.10. The number of rotatable bonds is 8. The number of nitrogens with one attached hydrogen (secondary N) is 1. The summed E-state index contributed by atoms with van der Waals surface area (Å²) in [7, 11) is 0. The van der Waals surface area contributed by atoms with Crippen LogP contribution in [0.25, 0.3) is 0 Å². The van der Waals surface area contributed by atoms with Crippen LogP contribution in [0.1, 0.15) is 6.92 Å². The van der Waals surface area contributed by atoms with Gasteiger partial charge >= 0.3 is 5.97 Å². The summed E-state index contributed by atoms with van der Waals surface area (Å²) in [6.07, 6.45) is -0.577. The lowest BCUT2D eigenvalue weighted by Crippen LogP contribution is -2.37. The Morgan fingerprint density at radius 2 is 2.05 bits per heavy atom. The molecule has 2 N–H and O–H groups in total. The number of para-hydroxylation sites is 1. The zero-order chi connectivity index (χ0) is 14.1. The zero-order valence-corrected chi connectivity index (χ0v) is 11.5. The van der Waals surface area contributed by atoms with Crippen LogP contribution in [0.15, 0.2) is 30.3 Å². The summed E-state index contributed by atoms with van der Waals surface area (Å²) in [5.74, 6) is 0.199. The second-order valence-electron chi connectivity index (χ2n) is 3.81. The van der Waals surface area contributed by atoms with Crippen LogP contribution in [0.2, 0.25) is 0 Å². The van der Waals surface area contributed by atoms with Crippen LogP contribution in [-0.4, -0.2) is 41.1 Å². The second kappa shape index (κ2) is 8.42. The monoisotopic (exact) mass is 283 g/mol. The predicted octanol–water partition coefficient (Wildman–Crippen LogP) is 1.39. The molecule has 1 rings (SSSR count). The fourth-order valence-electron chi connectivity index (χ4n) is 1.31. The van der Waals surface area contributed by atoms with E-state index in [1.807, 2.05) is 18.2 Å². The summed E-state index contributed by atoms with van der Waals surface area (Å²) in [5, 5.41) is 11.1. The molecule has 0 spiro atoms. The maximum atomic E-state index is 11.7. The van der Waals surface area contributed by atoms with E-state index in [1.54, 1.807) is 19.1 Å². The van der Waals surface area contributed by atoms with E-state index in [4.69, 9.17) is 9.84 Å². The molecular formula is C13H17NO4S. The molecule has 5 nitrogen and oxygen atoms in total. The molecule has 0 radical (unpaired) electrons. The number of amides is 1. The van der Waals surface area contributed by atoms with Crippen LogP contribution in [0.3, 0.4) is 0 Å². The number of aliphatic carboxylic acids is 1. The molecule has 19 heavy (non-hydrogen) atoms. The fraction of sp³-hybridized carbons (Fsp3) is 0.385. The second-order valence-corrected chi connectivity index (χ2v) is 4.92. The molecule has 1 amide bonds. The van der Waals surface area contributed by atoms with E-state index in [1.165, 1.54) is 11.8 Å². The lowest BCUT2D eigenvalue weighted by atomic mass is 10.3. The summed E-state index contributed by atoms with van der Waals surface area (Å²) in [4.78, 5) is 22.0. The number of hydrogen-bond acceptors (Lipinski definition) is 4. The molecule has 0 aliphatic rings. The van der Waals surface area contributed by atoms with Crippen molar-refractivity contribution in [2.45, 2.75) is 13.0 Å². The van der Waals surface area contributed by atoms with Gasteiger partial charge in [-0.1, -0.05) is 18.2 Å². The van der Waals surface area contributed by atoms with Gasteiger partial charge in [0.25, 0.3) is 5.91 Å². The summed E-state index contributed by atoms with van der Waals surface area (Å²) in [5.41, 5.74) is 0. The molecule has 0 aliphatic carbocycles. The lowest BCUT2D eigenvalue weighted by Gasteiger charge is -2.14. The van der Waals surface area contributed by atoms with Gasteiger partial charge in [-0.3, -0.25) is 9.59 Å². The molecule has 1 atom stereocenters. The molecule has 0 heterocycles. The van der Waals surface area contributed by atoms with Gasteiger partial charge in [-0.15, -0.1) is 11.8 Å². The molecule has 0 aromatic heterocycles. The van der Waals surface area contributed by atoms with E-state index in [2.05, 4.69) is 5.32 Å². The Bertz CT molecular complexity index is 410. The van der Waals surface area contributed by atoms with Crippen molar-refractivity contribution in [3.8, 4) is 5.75 Å². The van der Waals surface area contributed by atoms with E-state index in [9.17, 15) is 9.59 Å². The average molecular weight is 283 g/mol. The van der Waals surface area contributed by atoms with Crippen molar-refractivity contribution >= 4 is 23.6 Å². The van der Waals surface area contributed by atoms with E-state index in [0.29, 0.717) is 18.0 Å². The van der Waals surface area contributed by atoms with Crippen LogP contribution in [0.5, 0.6) is 5.75 Å². The minimum absolute atomic E-state index is 0.0476. The molecule has 1 aromatic carbocycles. The van der Waals surface area contributed by atoms with E-state index in [-0.39, 0.29) is 11.7 Å². The number of carbonyl (C=O) groups is 2. The van der Waals surface area contributed by atoms with Gasteiger partial charge < -0.3 is 15.2 Å². The summed E-state index contributed by atoms with van der Waals surface area (Å²) in [6.45, 7) is 2.10. The maximum absolute atomic E-state index is 11.7. The Balaban J connectivity index is 2.20. The van der Waals surface area contributed by atoms with Crippen LogP contribution < -0.4 is 10.1 Å². The molecule has 0 fully saturated rings. The van der Waals surface area contributed by atoms with Crippen LogP contribution >= 0.6 is 11.8 Å². The third kappa shape index (κ3) is 6.71. The Morgan fingerprint density at radius 3 is 2.68 bits per heavy atom. The number of ether oxygens (including phenoxy) is 1. The third-order valence-corrected chi connectivity index (χ3v) is 3.14. The van der Waals surface area contributed by atoms with Crippen LogP contribution in [0, 0.1) is 0 Å². The Labute approximate surface area is 116 Å². The van der Waals surface area contributed by atoms with Gasteiger partial charge in [0.2, 0.25) is 0 Å². The number of thioether (sulfide) groups is 1. The molecule has 0 saturated carbocycles. The first kappa shape index (κ1) is 15.4. The molecule has 0 bridgehead atoms. The highest BCUT2D eigenvalue weighted by atomic mass is 32.2. The van der Waals surface area contributed by atoms with Gasteiger partial charge in [0.1, 0.15) is 5.75 Å². The summed E-state index contributed by atoms with van der Waals surface area (Å²) >= 11 is 1.26. The molecule has 0 aliphatic heterocycles. The number of carbonyl (C=O) groups excluding carboxylic acids is 1. The molecular weight excluding hydrogens is 266 g/mol. The van der Waals surface area contributed by atoms with Crippen LogP contribution in [-0.2, 0) is 9.59 Å². The molecule has 0 saturated heterocycles. The van der Waals surface area contributed by atoms with E-state index in [0.717, 1.165) is 0 Å². The van der Waals surface area contributed by atoms with Crippen molar-refractivity contribution < 1.29 is 19.4 Å². The first-order valence-electron chi connectivity index (χ1n) is 5.88. The number of carboxylic acid groups (broad SMARTS) is 1. The van der Waals surface area contributed by atoms with E-state index < -0.39 is 12.1 Å². The van der Waals surface area contributed by atoms with Gasteiger partial charge in [-0.25, -0.2) is 0 Å². The van der Waals surface area contributed by atoms with Gasteiger partial charge in [0, 0.05) is 12.3 Å². The highest BCUT2D eigenvalue weighted by molar-refractivity contribution is 7.99. The van der Waals surface area contributed by atoms with Crippen molar-refractivity contribution in [3.05, 3.63) is 30.3 Å². The third-order valence-electron chi connectivity index (χ3n) is 2.20. The van der Waals surface area contributed by atoms with Crippen molar-refractivity contribution in [1.29, 1.82) is 0 Å². The number of carboxylic acids is 1. The van der Waals surface area contributed by atoms with Gasteiger partial charge in [0.05, 0.1) is 5.75 Å². The van der Waals surface area contributed by atoms with Crippen molar-refractivity contribution in [2.75, 3.05) is 18.1 Å². The minimum atomic E-state index is -0.850. The average Bonchev–Trinajstić information content (AvgIpc) is 2.38. The summed E-state index contributed by atoms with van der Waals surface area (Å²) in [6, 6.07) is 9.11. The first-order chi connectivity index (χ1) is 9.09. The Hall–Kier alpha value is -1.69. The largest absolute Gasteiger partial charge is 0.481 e. The van der Waals surface area contributed by atoms with Gasteiger partial charge in [-0.05, 0) is 19.1 Å². The first-order valence-corrected chi connectivity index (χ1v) is 7.04. The molecule has 104 valence electrons. The van der Waals surface area contributed by atoms with Gasteiger partial charge in [-0.2, -0.15) is 0 Å². The minimum Gasteiger partial charge on any atom is -0.481 e. The normalized spacial score (nSPS) is 11.6. The molecule has 6 heteroatoms. The quantitative estimate of drug-likeness (QED) is 0.705. The highest BCUT2D eigenvalue weighted by Gasteiger charge is 2.13. The number of hydrogen-bond donors (Lipinski definition) is 2. The van der Waals surface area contributed by atoms with Crippen LogP contribution in [0.4, 0.5) is 0 Å². The summed E-state index contributed by atoms with van der Waals surface area (Å²) < 4.78 is 5.46. The standard InChI is InChI=1S/C13H17NO4S/c1-10(18-11-5-3-2-4-6-11)13(17)14-7-8-19-9-12(15)16/h2-6,10H,7-9H2,1H3,(H,14,17)(H,15,16). The Morgan fingerprint density at radius 1 is 1.37 bits per heavy atom.